The Labute approximate surface area is 148 Å². The predicted octanol–water partition coefficient (Wildman–Crippen LogP) is 3.01. The third-order valence-corrected chi connectivity index (χ3v) is 4.04. The van der Waals surface area contributed by atoms with Gasteiger partial charge in [0.1, 0.15) is 12.4 Å². The van der Waals surface area contributed by atoms with E-state index in [1.54, 1.807) is 6.07 Å². The van der Waals surface area contributed by atoms with Crippen LogP contribution >= 0.6 is 12.4 Å². The Balaban J connectivity index is 0.00000208. The molecule has 1 aliphatic heterocycles. The molecular weight excluding hydrogens is 328 g/mol. The molecule has 0 radical (unpaired) electrons. The van der Waals surface area contributed by atoms with Gasteiger partial charge < -0.3 is 19.8 Å². The summed E-state index contributed by atoms with van der Waals surface area (Å²) in [6.45, 7) is 3.02. The van der Waals surface area contributed by atoms with Crippen LogP contribution in [0.5, 0.6) is 5.75 Å². The molecule has 1 unspecified atom stereocenters. The van der Waals surface area contributed by atoms with Crippen LogP contribution in [0, 0.1) is 5.92 Å². The van der Waals surface area contributed by atoms with Crippen LogP contribution in [0.4, 0.5) is 0 Å². The second-order valence-electron chi connectivity index (χ2n) is 5.80. The van der Waals surface area contributed by atoms with Crippen LogP contribution in [0.25, 0.3) is 0 Å². The van der Waals surface area contributed by atoms with Gasteiger partial charge in [0.25, 0.3) is 5.91 Å². The minimum absolute atomic E-state index is 0. The van der Waals surface area contributed by atoms with E-state index < -0.39 is 0 Å². The van der Waals surface area contributed by atoms with Gasteiger partial charge in [-0.3, -0.25) is 4.79 Å². The normalized spacial score (nSPS) is 16.9. The third kappa shape index (κ3) is 5.01. The molecule has 0 aliphatic carbocycles. The molecule has 2 heterocycles. The summed E-state index contributed by atoms with van der Waals surface area (Å²) < 4.78 is 11.0. The summed E-state index contributed by atoms with van der Waals surface area (Å²) in [5, 5.41) is 6.31. The molecule has 130 valence electrons. The molecule has 2 N–H and O–H groups in total. The number of ether oxygens (including phenoxy) is 1. The lowest BCUT2D eigenvalue weighted by Crippen LogP contribution is -2.38. The van der Waals surface area contributed by atoms with E-state index in [9.17, 15) is 4.79 Å². The highest BCUT2D eigenvalue weighted by atomic mass is 35.5. The molecule has 1 aliphatic rings. The van der Waals surface area contributed by atoms with Gasteiger partial charge >= 0.3 is 0 Å². The van der Waals surface area contributed by atoms with Crippen molar-refractivity contribution in [3.05, 3.63) is 54.0 Å². The third-order valence-electron chi connectivity index (χ3n) is 4.04. The van der Waals surface area contributed by atoms with Crippen molar-refractivity contribution in [2.24, 2.45) is 5.92 Å². The van der Waals surface area contributed by atoms with E-state index in [1.807, 2.05) is 30.3 Å². The SMILES string of the molecule is Cl.O=C(NCC1CCCNC1)c1occc1COc1ccccc1. The topological polar surface area (TPSA) is 63.5 Å². The molecule has 0 spiro atoms. The number of hydrogen-bond donors (Lipinski definition) is 2. The average molecular weight is 351 g/mol. The Morgan fingerprint density at radius 1 is 1.29 bits per heavy atom. The number of hydrogen-bond acceptors (Lipinski definition) is 4. The van der Waals surface area contributed by atoms with Crippen molar-refractivity contribution in [2.45, 2.75) is 19.4 Å². The van der Waals surface area contributed by atoms with E-state index in [0.717, 1.165) is 37.2 Å². The standard InChI is InChI=1S/C18H22N2O3.ClH/c21-18(20-12-14-5-4-9-19-11-14)17-15(8-10-22-17)13-23-16-6-2-1-3-7-16;/h1-3,6-8,10,14,19H,4-5,9,11-13H2,(H,20,21);1H. The number of nitrogens with one attached hydrogen (secondary N) is 2. The number of piperidine rings is 1. The number of furan rings is 1. The number of benzene rings is 1. The Morgan fingerprint density at radius 2 is 2.12 bits per heavy atom. The fourth-order valence-electron chi connectivity index (χ4n) is 2.74. The maximum absolute atomic E-state index is 12.3. The minimum Gasteiger partial charge on any atom is -0.489 e. The first-order chi connectivity index (χ1) is 11.3. The second-order valence-corrected chi connectivity index (χ2v) is 5.80. The molecule has 24 heavy (non-hydrogen) atoms. The highest BCUT2D eigenvalue weighted by Crippen LogP contribution is 2.16. The van der Waals surface area contributed by atoms with E-state index >= 15 is 0 Å². The zero-order valence-electron chi connectivity index (χ0n) is 13.5. The molecule has 5 nitrogen and oxygen atoms in total. The summed E-state index contributed by atoms with van der Waals surface area (Å²) in [7, 11) is 0. The first-order valence-corrected chi connectivity index (χ1v) is 8.06. The molecule has 1 aromatic carbocycles. The number of para-hydroxylation sites is 1. The van der Waals surface area contributed by atoms with Crippen molar-refractivity contribution < 1.29 is 13.9 Å². The molecule has 2 aromatic rings. The van der Waals surface area contributed by atoms with Gasteiger partial charge in [-0.05, 0) is 50.0 Å². The van der Waals surface area contributed by atoms with Crippen molar-refractivity contribution in [1.29, 1.82) is 0 Å². The molecule has 1 atom stereocenters. The lowest BCUT2D eigenvalue weighted by atomic mass is 10.00. The van der Waals surface area contributed by atoms with E-state index in [-0.39, 0.29) is 18.3 Å². The zero-order chi connectivity index (χ0) is 15.9. The smallest absolute Gasteiger partial charge is 0.287 e. The molecule has 3 rings (SSSR count). The molecule has 1 amide bonds. The van der Waals surface area contributed by atoms with E-state index in [1.165, 1.54) is 6.26 Å². The lowest BCUT2D eigenvalue weighted by Gasteiger charge is -2.22. The second kappa shape index (κ2) is 9.35. The van der Waals surface area contributed by atoms with Gasteiger partial charge in [-0.1, -0.05) is 18.2 Å². The molecule has 1 fully saturated rings. The number of rotatable bonds is 6. The maximum atomic E-state index is 12.3. The first-order valence-electron chi connectivity index (χ1n) is 8.06. The molecule has 1 saturated heterocycles. The van der Waals surface area contributed by atoms with Crippen molar-refractivity contribution in [2.75, 3.05) is 19.6 Å². The van der Waals surface area contributed by atoms with Crippen molar-refractivity contribution >= 4 is 18.3 Å². The molecule has 1 aromatic heterocycles. The summed E-state index contributed by atoms with van der Waals surface area (Å²) in [6.07, 6.45) is 3.84. The van der Waals surface area contributed by atoms with Crippen LogP contribution in [0.15, 0.2) is 47.1 Å². The Hall–Kier alpha value is -1.98. The quantitative estimate of drug-likeness (QED) is 0.840. The van der Waals surface area contributed by atoms with Gasteiger partial charge in [0.2, 0.25) is 0 Å². The van der Waals surface area contributed by atoms with Crippen molar-refractivity contribution in [3.8, 4) is 5.75 Å². The molecular formula is C18H23ClN2O3. The molecule has 0 bridgehead atoms. The fraction of sp³-hybridized carbons (Fsp3) is 0.389. The lowest BCUT2D eigenvalue weighted by molar-refractivity contribution is 0.0913. The highest BCUT2D eigenvalue weighted by Gasteiger charge is 2.18. The summed E-state index contributed by atoms with van der Waals surface area (Å²) in [4.78, 5) is 12.3. The van der Waals surface area contributed by atoms with E-state index in [4.69, 9.17) is 9.15 Å². The molecule has 6 heteroatoms. The van der Waals surface area contributed by atoms with Crippen LogP contribution in [-0.2, 0) is 6.61 Å². The number of carbonyl (C=O) groups excluding carboxylic acids is 1. The first kappa shape index (κ1) is 18.4. The highest BCUT2D eigenvalue weighted by molar-refractivity contribution is 5.92. The summed E-state index contributed by atoms with van der Waals surface area (Å²) >= 11 is 0. The van der Waals surface area contributed by atoms with Crippen LogP contribution in [0.1, 0.15) is 29.0 Å². The van der Waals surface area contributed by atoms with Crippen LogP contribution < -0.4 is 15.4 Å². The van der Waals surface area contributed by atoms with Crippen molar-refractivity contribution in [1.82, 2.24) is 10.6 Å². The number of halogens is 1. The number of amides is 1. The average Bonchev–Trinajstić information content (AvgIpc) is 3.08. The summed E-state index contributed by atoms with van der Waals surface area (Å²) in [5.74, 6) is 1.43. The van der Waals surface area contributed by atoms with Gasteiger partial charge in [0.05, 0.1) is 6.26 Å². The Bertz CT molecular complexity index is 624. The van der Waals surface area contributed by atoms with Gasteiger partial charge in [0.15, 0.2) is 5.76 Å². The summed E-state index contributed by atoms with van der Waals surface area (Å²) in [5.41, 5.74) is 0.758. The minimum atomic E-state index is -0.174. The number of carbonyl (C=O) groups is 1. The zero-order valence-corrected chi connectivity index (χ0v) is 14.3. The van der Waals surface area contributed by atoms with Gasteiger partial charge in [0, 0.05) is 12.1 Å². The van der Waals surface area contributed by atoms with Gasteiger partial charge in [-0.25, -0.2) is 0 Å². The maximum Gasteiger partial charge on any atom is 0.287 e. The van der Waals surface area contributed by atoms with E-state index in [0.29, 0.717) is 24.8 Å². The van der Waals surface area contributed by atoms with Crippen LogP contribution in [0.3, 0.4) is 0 Å². The monoisotopic (exact) mass is 350 g/mol. The Kier molecular flexibility index (Phi) is 7.15. The summed E-state index contributed by atoms with van der Waals surface area (Å²) in [6, 6.07) is 11.3. The predicted molar refractivity (Wildman–Crippen MR) is 94.7 cm³/mol. The van der Waals surface area contributed by atoms with Crippen molar-refractivity contribution in [3.63, 3.8) is 0 Å². The molecule has 0 saturated carbocycles. The van der Waals surface area contributed by atoms with Crippen LogP contribution in [0.2, 0.25) is 0 Å². The van der Waals surface area contributed by atoms with E-state index in [2.05, 4.69) is 10.6 Å². The van der Waals surface area contributed by atoms with Gasteiger partial charge in [-0.15, -0.1) is 12.4 Å². The van der Waals surface area contributed by atoms with Gasteiger partial charge in [-0.2, -0.15) is 0 Å². The largest absolute Gasteiger partial charge is 0.489 e. The van der Waals surface area contributed by atoms with Crippen LogP contribution in [-0.4, -0.2) is 25.5 Å². The Morgan fingerprint density at radius 3 is 2.88 bits per heavy atom. The fourth-order valence-corrected chi connectivity index (χ4v) is 2.74.